The van der Waals surface area contributed by atoms with Crippen LogP contribution in [0.15, 0.2) is 35.7 Å². The number of nitrogens with zero attached hydrogens (tertiary/aromatic N) is 3. The van der Waals surface area contributed by atoms with Crippen LogP contribution < -0.4 is 10.7 Å². The van der Waals surface area contributed by atoms with Gasteiger partial charge in [0.25, 0.3) is 11.6 Å². The zero-order valence-corrected chi connectivity index (χ0v) is 11.0. The van der Waals surface area contributed by atoms with Gasteiger partial charge in [-0.3, -0.25) is 20.3 Å². The number of non-ortho nitro benzene ring substituents is 1. The van der Waals surface area contributed by atoms with Gasteiger partial charge in [-0.2, -0.15) is 5.10 Å². The number of anilines is 1. The Labute approximate surface area is 119 Å². The summed E-state index contributed by atoms with van der Waals surface area (Å²) in [4.78, 5) is 28.2. The standard InChI is InChI=1S/C12H12N6O3/c1-13-12(19)10-11(15-7-14-10)17-16-6-8-2-4-9(5-3-8)18(20)21/h2-7,17H,1H3,(H,13,19)(H,14,15)/b16-6+. The van der Waals surface area contributed by atoms with Crippen LogP contribution in [0.5, 0.6) is 0 Å². The van der Waals surface area contributed by atoms with Gasteiger partial charge < -0.3 is 10.3 Å². The quantitative estimate of drug-likeness (QED) is 0.432. The molecule has 0 unspecified atom stereocenters. The van der Waals surface area contributed by atoms with E-state index in [9.17, 15) is 14.9 Å². The van der Waals surface area contributed by atoms with E-state index in [4.69, 9.17) is 0 Å². The van der Waals surface area contributed by atoms with Crippen LogP contribution in [-0.2, 0) is 0 Å². The highest BCUT2D eigenvalue weighted by atomic mass is 16.6. The molecular formula is C12H12N6O3. The Hall–Kier alpha value is -3.23. The van der Waals surface area contributed by atoms with E-state index < -0.39 is 4.92 Å². The van der Waals surface area contributed by atoms with Crippen molar-refractivity contribution in [2.45, 2.75) is 0 Å². The fraction of sp³-hybridized carbons (Fsp3) is 0.0833. The third-order valence-corrected chi connectivity index (χ3v) is 2.58. The molecule has 0 bridgehead atoms. The first kappa shape index (κ1) is 14.2. The first-order valence-corrected chi connectivity index (χ1v) is 5.91. The van der Waals surface area contributed by atoms with E-state index >= 15 is 0 Å². The molecule has 0 radical (unpaired) electrons. The maximum atomic E-state index is 11.5. The monoisotopic (exact) mass is 288 g/mol. The predicted molar refractivity (Wildman–Crippen MR) is 76.3 cm³/mol. The molecular weight excluding hydrogens is 276 g/mol. The van der Waals surface area contributed by atoms with Gasteiger partial charge in [0.2, 0.25) is 0 Å². The Morgan fingerprint density at radius 1 is 1.43 bits per heavy atom. The maximum absolute atomic E-state index is 11.5. The molecule has 21 heavy (non-hydrogen) atoms. The van der Waals surface area contributed by atoms with Crippen LogP contribution in [0.3, 0.4) is 0 Å². The number of hydrogen-bond donors (Lipinski definition) is 3. The van der Waals surface area contributed by atoms with Crippen molar-refractivity contribution in [2.75, 3.05) is 12.5 Å². The summed E-state index contributed by atoms with van der Waals surface area (Å²) < 4.78 is 0. The summed E-state index contributed by atoms with van der Waals surface area (Å²) in [6, 6.07) is 5.89. The number of rotatable bonds is 5. The number of nitrogens with one attached hydrogen (secondary N) is 3. The van der Waals surface area contributed by atoms with Crippen molar-refractivity contribution in [3.8, 4) is 0 Å². The number of amides is 1. The van der Waals surface area contributed by atoms with Crippen molar-refractivity contribution in [2.24, 2.45) is 5.10 Å². The molecule has 1 aromatic heterocycles. The molecule has 0 fully saturated rings. The molecule has 9 nitrogen and oxygen atoms in total. The van der Waals surface area contributed by atoms with Crippen molar-refractivity contribution in [1.82, 2.24) is 15.3 Å². The first-order chi connectivity index (χ1) is 10.1. The van der Waals surface area contributed by atoms with E-state index in [1.54, 1.807) is 12.1 Å². The fourth-order valence-corrected chi connectivity index (χ4v) is 1.53. The van der Waals surface area contributed by atoms with Gasteiger partial charge in [0.1, 0.15) is 5.69 Å². The lowest BCUT2D eigenvalue weighted by Crippen LogP contribution is -2.19. The number of imidazole rings is 1. The largest absolute Gasteiger partial charge is 0.354 e. The molecule has 0 atom stereocenters. The summed E-state index contributed by atoms with van der Waals surface area (Å²) in [5, 5.41) is 16.9. The van der Waals surface area contributed by atoms with Crippen molar-refractivity contribution in [1.29, 1.82) is 0 Å². The summed E-state index contributed by atoms with van der Waals surface area (Å²) in [5.74, 6) is -0.0342. The van der Waals surface area contributed by atoms with E-state index in [1.807, 2.05) is 0 Å². The maximum Gasteiger partial charge on any atom is 0.271 e. The van der Waals surface area contributed by atoms with Gasteiger partial charge in [-0.1, -0.05) is 0 Å². The van der Waals surface area contributed by atoms with Crippen molar-refractivity contribution in [3.63, 3.8) is 0 Å². The van der Waals surface area contributed by atoms with Gasteiger partial charge in [-0.15, -0.1) is 0 Å². The van der Waals surface area contributed by atoms with E-state index in [0.717, 1.165) is 0 Å². The number of hydrogen-bond acceptors (Lipinski definition) is 6. The molecule has 9 heteroatoms. The smallest absolute Gasteiger partial charge is 0.271 e. The molecule has 2 rings (SSSR count). The summed E-state index contributed by atoms with van der Waals surface area (Å²) >= 11 is 0. The molecule has 1 aromatic carbocycles. The van der Waals surface area contributed by atoms with Gasteiger partial charge >= 0.3 is 0 Å². The minimum atomic E-state index is -0.474. The molecule has 1 amide bonds. The highest BCUT2D eigenvalue weighted by molar-refractivity contribution is 5.96. The average molecular weight is 288 g/mol. The van der Waals surface area contributed by atoms with Crippen LogP contribution in [-0.4, -0.2) is 34.1 Å². The topological polar surface area (TPSA) is 125 Å². The number of carbonyl (C=O) groups is 1. The van der Waals surface area contributed by atoms with E-state index in [2.05, 4.69) is 25.8 Å². The number of nitro benzene ring substituents is 1. The Balaban J connectivity index is 2.04. The van der Waals surface area contributed by atoms with E-state index in [-0.39, 0.29) is 23.1 Å². The van der Waals surface area contributed by atoms with E-state index in [1.165, 1.54) is 31.7 Å². The van der Waals surface area contributed by atoms with Gasteiger partial charge in [-0.05, 0) is 17.7 Å². The van der Waals surface area contributed by atoms with Crippen LogP contribution in [0.4, 0.5) is 11.5 Å². The van der Waals surface area contributed by atoms with Crippen molar-refractivity contribution in [3.05, 3.63) is 52.0 Å². The van der Waals surface area contributed by atoms with Crippen LogP contribution in [0.2, 0.25) is 0 Å². The lowest BCUT2D eigenvalue weighted by molar-refractivity contribution is -0.384. The van der Waals surface area contributed by atoms with Gasteiger partial charge in [0.05, 0.1) is 17.5 Å². The summed E-state index contributed by atoms with van der Waals surface area (Å²) in [6.07, 6.45) is 2.83. The Bertz CT molecular complexity index is 677. The predicted octanol–water partition coefficient (Wildman–Crippen LogP) is 1.12. The van der Waals surface area contributed by atoms with Crippen LogP contribution in [0.25, 0.3) is 0 Å². The Kier molecular flexibility index (Phi) is 4.24. The molecule has 2 aromatic rings. The van der Waals surface area contributed by atoms with Crippen LogP contribution in [0, 0.1) is 10.1 Å². The highest BCUT2D eigenvalue weighted by Gasteiger charge is 2.11. The van der Waals surface area contributed by atoms with Gasteiger partial charge in [0.15, 0.2) is 5.82 Å². The minimum absolute atomic E-state index is 0.00862. The zero-order valence-electron chi connectivity index (χ0n) is 11.0. The Morgan fingerprint density at radius 2 is 2.14 bits per heavy atom. The summed E-state index contributed by atoms with van der Waals surface area (Å²) in [7, 11) is 1.51. The third kappa shape index (κ3) is 3.41. The molecule has 0 aliphatic rings. The number of carbonyl (C=O) groups excluding carboxylic acids is 1. The third-order valence-electron chi connectivity index (χ3n) is 2.58. The number of H-pyrrole nitrogens is 1. The number of hydrazone groups is 1. The van der Waals surface area contributed by atoms with Crippen molar-refractivity contribution < 1.29 is 9.72 Å². The average Bonchev–Trinajstić information content (AvgIpc) is 2.95. The van der Waals surface area contributed by atoms with Gasteiger partial charge in [-0.25, -0.2) is 4.98 Å². The molecule has 0 saturated heterocycles. The number of benzene rings is 1. The number of aromatic amines is 1. The second-order valence-electron chi connectivity index (χ2n) is 3.92. The fourth-order valence-electron chi connectivity index (χ4n) is 1.53. The molecule has 0 spiro atoms. The lowest BCUT2D eigenvalue weighted by Gasteiger charge is -2.00. The summed E-state index contributed by atoms with van der Waals surface area (Å²) in [5.41, 5.74) is 3.57. The van der Waals surface area contributed by atoms with Crippen molar-refractivity contribution >= 4 is 23.6 Å². The highest BCUT2D eigenvalue weighted by Crippen LogP contribution is 2.11. The molecule has 1 heterocycles. The first-order valence-electron chi connectivity index (χ1n) is 5.91. The second-order valence-corrected chi connectivity index (χ2v) is 3.92. The minimum Gasteiger partial charge on any atom is -0.354 e. The molecule has 0 saturated carbocycles. The number of aromatic nitrogens is 2. The zero-order chi connectivity index (χ0) is 15.2. The molecule has 108 valence electrons. The molecule has 0 aliphatic carbocycles. The van der Waals surface area contributed by atoms with Gasteiger partial charge in [0, 0.05) is 19.2 Å². The molecule has 0 aliphatic heterocycles. The normalized spacial score (nSPS) is 10.5. The number of nitro groups is 1. The lowest BCUT2D eigenvalue weighted by atomic mass is 10.2. The molecule has 3 N–H and O–H groups in total. The van der Waals surface area contributed by atoms with E-state index in [0.29, 0.717) is 5.56 Å². The van der Waals surface area contributed by atoms with Crippen LogP contribution in [0.1, 0.15) is 16.1 Å². The SMILES string of the molecule is CNC(=O)c1[nH]cnc1N/N=C/c1ccc([N+](=O)[O-])cc1. The second kappa shape index (κ2) is 6.28. The summed E-state index contributed by atoms with van der Waals surface area (Å²) in [6.45, 7) is 0. The Morgan fingerprint density at radius 3 is 2.76 bits per heavy atom. The van der Waals surface area contributed by atoms with Crippen LogP contribution >= 0.6 is 0 Å².